The van der Waals surface area contributed by atoms with E-state index in [9.17, 15) is 10.0 Å². The van der Waals surface area contributed by atoms with Crippen LogP contribution in [0.3, 0.4) is 0 Å². The predicted octanol–water partition coefficient (Wildman–Crippen LogP) is 4.04. The smallest absolute Gasteiger partial charge is 0.138 e. The van der Waals surface area contributed by atoms with Gasteiger partial charge in [-0.15, -0.1) is 0 Å². The quantitative estimate of drug-likeness (QED) is 0.840. The van der Waals surface area contributed by atoms with Crippen LogP contribution >= 0.6 is 0 Å². The Hall–Kier alpha value is -0.410. The molecule has 0 aromatic heterocycles. The molecule has 3 nitrogen and oxygen atoms in total. The summed E-state index contributed by atoms with van der Waals surface area (Å²) >= 11 is 0. The first kappa shape index (κ1) is 16.6. The summed E-state index contributed by atoms with van der Waals surface area (Å²) in [5.41, 5.74) is -0.656. The van der Waals surface area contributed by atoms with Gasteiger partial charge in [0.1, 0.15) is 5.78 Å². The van der Waals surface area contributed by atoms with Crippen LogP contribution in [0.5, 0.6) is 0 Å². The number of ketones is 1. The molecule has 3 heteroatoms. The van der Waals surface area contributed by atoms with Crippen molar-refractivity contribution in [2.75, 3.05) is 0 Å². The van der Waals surface area contributed by atoms with E-state index in [4.69, 9.17) is 0 Å². The third-order valence-corrected chi connectivity index (χ3v) is 4.34. The number of rotatable bonds is 3. The Balaban J connectivity index is 2.64. The molecule has 0 amide bonds. The zero-order valence-electron chi connectivity index (χ0n) is 13.7. The molecule has 1 N–H and O–H groups in total. The van der Waals surface area contributed by atoms with E-state index in [2.05, 4.69) is 27.7 Å². The lowest BCUT2D eigenvalue weighted by molar-refractivity contribution is -0.251. The fourth-order valence-electron chi connectivity index (χ4n) is 3.39. The molecule has 0 atom stereocenters. The summed E-state index contributed by atoms with van der Waals surface area (Å²) in [4.78, 5) is 12.0. The molecule has 0 radical (unpaired) electrons. The zero-order valence-corrected chi connectivity index (χ0v) is 13.7. The first-order chi connectivity index (χ1) is 8.36. The minimum absolute atomic E-state index is 0.211. The predicted molar refractivity (Wildman–Crippen MR) is 78.2 cm³/mol. The molecule has 19 heavy (non-hydrogen) atoms. The maximum atomic E-state index is 12.0. The molecule has 0 spiro atoms. The van der Waals surface area contributed by atoms with Crippen molar-refractivity contribution in [3.8, 4) is 0 Å². The van der Waals surface area contributed by atoms with Crippen LogP contribution in [0.1, 0.15) is 74.1 Å². The number of carbonyl (C=O) groups is 1. The van der Waals surface area contributed by atoms with Gasteiger partial charge in [0.2, 0.25) is 0 Å². The summed E-state index contributed by atoms with van der Waals surface area (Å²) in [6, 6.07) is 0. The van der Waals surface area contributed by atoms with E-state index in [-0.39, 0.29) is 16.5 Å². The maximum Gasteiger partial charge on any atom is 0.138 e. The van der Waals surface area contributed by atoms with Crippen LogP contribution in [0, 0.1) is 11.3 Å². The van der Waals surface area contributed by atoms with Crippen LogP contribution < -0.4 is 0 Å². The van der Waals surface area contributed by atoms with E-state index in [0.717, 1.165) is 19.3 Å². The normalized spacial score (nSPS) is 24.4. The van der Waals surface area contributed by atoms with Gasteiger partial charge in [-0.3, -0.25) is 4.79 Å². The summed E-state index contributed by atoms with van der Waals surface area (Å²) in [7, 11) is 0. The SMILES string of the molecule is CC(C)(C)C(=O)CCC1CC(C)(C)N(O)C(C)(C)C1. The van der Waals surface area contributed by atoms with Crippen LogP contribution in [0.4, 0.5) is 0 Å². The third-order valence-electron chi connectivity index (χ3n) is 4.34. The third kappa shape index (κ3) is 4.03. The number of hydroxylamine groups is 2. The zero-order chi connectivity index (χ0) is 15.1. The highest BCUT2D eigenvalue weighted by atomic mass is 16.5. The van der Waals surface area contributed by atoms with Gasteiger partial charge in [0.15, 0.2) is 0 Å². The van der Waals surface area contributed by atoms with Crippen molar-refractivity contribution in [3.63, 3.8) is 0 Å². The number of nitrogens with zero attached hydrogens (tertiary/aromatic N) is 1. The summed E-state index contributed by atoms with van der Waals surface area (Å²) in [5, 5.41) is 11.8. The number of Topliss-reactive ketones (excluding diaryl/α,β-unsaturated/α-hetero) is 1. The van der Waals surface area contributed by atoms with Gasteiger partial charge >= 0.3 is 0 Å². The minimum atomic E-state index is -0.233. The van der Waals surface area contributed by atoms with Gasteiger partial charge in [0.05, 0.1) is 0 Å². The first-order valence-electron chi connectivity index (χ1n) is 7.39. The standard InChI is InChI=1S/C16H31NO2/c1-14(2,3)13(18)9-8-12-10-15(4,5)17(19)16(6,7)11-12/h12,19H,8-11H2,1-7H3. The van der Waals surface area contributed by atoms with Crippen molar-refractivity contribution in [2.24, 2.45) is 11.3 Å². The second-order valence-corrected chi connectivity index (χ2v) is 8.42. The summed E-state index contributed by atoms with van der Waals surface area (Å²) < 4.78 is 0. The first-order valence-corrected chi connectivity index (χ1v) is 7.39. The lowest BCUT2D eigenvalue weighted by Gasteiger charge is -2.51. The molecule has 1 fully saturated rings. The van der Waals surface area contributed by atoms with E-state index in [1.807, 2.05) is 20.8 Å². The maximum absolute atomic E-state index is 12.0. The van der Waals surface area contributed by atoms with Crippen LogP contribution in [0.25, 0.3) is 0 Å². The van der Waals surface area contributed by atoms with Crippen LogP contribution in [0.2, 0.25) is 0 Å². The minimum Gasteiger partial charge on any atom is -0.313 e. The molecule has 0 bridgehead atoms. The van der Waals surface area contributed by atoms with Gasteiger partial charge in [0.25, 0.3) is 0 Å². The van der Waals surface area contributed by atoms with E-state index < -0.39 is 0 Å². The fraction of sp³-hybridized carbons (Fsp3) is 0.938. The molecule has 1 aliphatic rings. The topological polar surface area (TPSA) is 40.5 Å². The van der Waals surface area contributed by atoms with Gasteiger partial charge in [0, 0.05) is 22.9 Å². The lowest BCUT2D eigenvalue weighted by Crippen LogP contribution is -2.58. The second kappa shape index (κ2) is 5.17. The van der Waals surface area contributed by atoms with Crippen LogP contribution in [-0.4, -0.2) is 27.1 Å². The monoisotopic (exact) mass is 269 g/mol. The van der Waals surface area contributed by atoms with Crippen molar-refractivity contribution in [1.29, 1.82) is 0 Å². The van der Waals surface area contributed by atoms with E-state index in [1.54, 1.807) is 0 Å². The number of piperidine rings is 1. The molecule has 0 aromatic carbocycles. The van der Waals surface area contributed by atoms with Crippen LogP contribution in [0.15, 0.2) is 0 Å². The molecule has 0 unspecified atom stereocenters. The van der Waals surface area contributed by atoms with E-state index in [1.165, 1.54) is 5.06 Å². The molecule has 112 valence electrons. The van der Waals surface area contributed by atoms with Crippen molar-refractivity contribution < 1.29 is 10.0 Å². The summed E-state index contributed by atoms with van der Waals surface area (Å²) in [5.74, 6) is 0.856. The molecule has 1 saturated heterocycles. The molecular weight excluding hydrogens is 238 g/mol. The largest absolute Gasteiger partial charge is 0.313 e. The molecule has 0 aliphatic carbocycles. The van der Waals surface area contributed by atoms with Crippen molar-refractivity contribution in [2.45, 2.75) is 85.2 Å². The molecular formula is C16H31NO2. The summed E-state index contributed by atoms with van der Waals surface area (Å²) in [6.07, 6.45) is 3.50. The van der Waals surface area contributed by atoms with Gasteiger partial charge < -0.3 is 5.21 Å². The van der Waals surface area contributed by atoms with Gasteiger partial charge in [-0.05, 0) is 52.9 Å². The highest BCUT2D eigenvalue weighted by molar-refractivity contribution is 5.83. The molecule has 1 rings (SSSR count). The average Bonchev–Trinajstić information content (AvgIpc) is 2.20. The average molecular weight is 269 g/mol. The number of carbonyl (C=O) groups excluding carboxylic acids is 1. The molecule has 0 saturated carbocycles. The van der Waals surface area contributed by atoms with Gasteiger partial charge in [-0.25, -0.2) is 0 Å². The Bertz CT molecular complexity index is 321. The van der Waals surface area contributed by atoms with Gasteiger partial charge in [-0.2, -0.15) is 5.06 Å². The number of hydrogen-bond donors (Lipinski definition) is 1. The Morgan fingerprint density at radius 3 is 1.95 bits per heavy atom. The van der Waals surface area contributed by atoms with Crippen molar-refractivity contribution >= 4 is 5.78 Å². The molecule has 1 aliphatic heterocycles. The Labute approximate surface area is 118 Å². The van der Waals surface area contributed by atoms with E-state index >= 15 is 0 Å². The Morgan fingerprint density at radius 1 is 1.16 bits per heavy atom. The van der Waals surface area contributed by atoms with Crippen molar-refractivity contribution in [3.05, 3.63) is 0 Å². The Morgan fingerprint density at radius 2 is 1.58 bits per heavy atom. The molecule has 1 heterocycles. The summed E-state index contributed by atoms with van der Waals surface area (Å²) in [6.45, 7) is 14.3. The second-order valence-electron chi connectivity index (χ2n) is 8.42. The highest BCUT2D eigenvalue weighted by Gasteiger charge is 2.44. The molecule has 0 aromatic rings. The highest BCUT2D eigenvalue weighted by Crippen LogP contribution is 2.41. The van der Waals surface area contributed by atoms with Gasteiger partial charge in [-0.1, -0.05) is 20.8 Å². The number of hydrogen-bond acceptors (Lipinski definition) is 3. The van der Waals surface area contributed by atoms with Crippen molar-refractivity contribution in [1.82, 2.24) is 5.06 Å². The van der Waals surface area contributed by atoms with Crippen LogP contribution in [-0.2, 0) is 4.79 Å². The van der Waals surface area contributed by atoms with E-state index in [0.29, 0.717) is 18.1 Å². The Kier molecular flexibility index (Phi) is 4.53. The fourth-order valence-corrected chi connectivity index (χ4v) is 3.39. The lowest BCUT2D eigenvalue weighted by atomic mass is 9.73.